The summed E-state index contributed by atoms with van der Waals surface area (Å²) in [6.07, 6.45) is 4.06. The summed E-state index contributed by atoms with van der Waals surface area (Å²) in [7, 11) is 1.95. The van der Waals surface area contributed by atoms with Gasteiger partial charge in [0.25, 0.3) is 0 Å². The molecule has 27 heavy (non-hydrogen) atoms. The number of aryl methyl sites for hydroxylation is 1. The first kappa shape index (κ1) is 18.1. The van der Waals surface area contributed by atoms with Crippen LogP contribution >= 0.6 is 0 Å². The van der Waals surface area contributed by atoms with Crippen LogP contribution in [-0.4, -0.2) is 52.4 Å². The first-order valence-corrected chi connectivity index (χ1v) is 9.89. The molecule has 1 aromatic heterocycles. The maximum Gasteiger partial charge on any atom is 0.222 e. The third kappa shape index (κ3) is 4.03. The summed E-state index contributed by atoms with van der Waals surface area (Å²) >= 11 is 0. The molecule has 0 atom stereocenters. The predicted octanol–water partition coefficient (Wildman–Crippen LogP) is 3.29. The van der Waals surface area contributed by atoms with Gasteiger partial charge in [0.1, 0.15) is 5.82 Å². The van der Waals surface area contributed by atoms with Crippen molar-refractivity contribution >= 4 is 5.91 Å². The molecule has 2 aromatic rings. The van der Waals surface area contributed by atoms with Gasteiger partial charge in [0.15, 0.2) is 0 Å². The number of piperidine rings is 2. The summed E-state index contributed by atoms with van der Waals surface area (Å²) in [5.41, 5.74) is 3.47. The number of amides is 1. The van der Waals surface area contributed by atoms with E-state index in [0.29, 0.717) is 17.7 Å². The van der Waals surface area contributed by atoms with Gasteiger partial charge in [-0.3, -0.25) is 9.69 Å². The van der Waals surface area contributed by atoms with Crippen molar-refractivity contribution in [1.82, 2.24) is 19.8 Å². The van der Waals surface area contributed by atoms with Crippen LogP contribution in [0.1, 0.15) is 37.2 Å². The van der Waals surface area contributed by atoms with Gasteiger partial charge in [-0.1, -0.05) is 30.3 Å². The summed E-state index contributed by atoms with van der Waals surface area (Å²) in [6.45, 7) is 5.86. The molecular formula is C22H28N4O. The van der Waals surface area contributed by atoms with Gasteiger partial charge in [0, 0.05) is 31.3 Å². The standard InChI is InChI=1S/C22H28N4O/c1-17-14-19(18-6-4-3-5-7-18)24-20(23-17)15-26-12-10-22(11-13-26)9-8-21(27)25(2)16-22/h3-7,14H,8-13,15-16H2,1-2H3. The second-order valence-corrected chi connectivity index (χ2v) is 8.20. The van der Waals surface area contributed by atoms with Crippen molar-refractivity contribution < 1.29 is 4.79 Å². The number of carbonyl (C=O) groups excluding carboxylic acids is 1. The largest absolute Gasteiger partial charge is 0.345 e. The number of carbonyl (C=O) groups is 1. The van der Waals surface area contributed by atoms with E-state index in [0.717, 1.165) is 68.2 Å². The third-order valence-electron chi connectivity index (χ3n) is 6.12. The average molecular weight is 364 g/mol. The van der Waals surface area contributed by atoms with E-state index in [1.165, 1.54) is 0 Å². The van der Waals surface area contributed by atoms with Gasteiger partial charge in [0.05, 0.1) is 12.2 Å². The van der Waals surface area contributed by atoms with Crippen LogP contribution in [0.5, 0.6) is 0 Å². The first-order valence-electron chi connectivity index (χ1n) is 9.89. The fourth-order valence-corrected chi connectivity index (χ4v) is 4.48. The van der Waals surface area contributed by atoms with Crippen LogP contribution in [-0.2, 0) is 11.3 Å². The SMILES string of the molecule is Cc1cc(-c2ccccc2)nc(CN2CCC3(CCC(=O)N(C)C3)CC2)n1. The van der Waals surface area contributed by atoms with E-state index < -0.39 is 0 Å². The second kappa shape index (κ2) is 7.39. The summed E-state index contributed by atoms with van der Waals surface area (Å²) in [6, 6.07) is 12.4. The summed E-state index contributed by atoms with van der Waals surface area (Å²) in [5.74, 6) is 1.20. The molecule has 2 fully saturated rings. The van der Waals surface area contributed by atoms with Crippen molar-refractivity contribution in [3.63, 3.8) is 0 Å². The minimum Gasteiger partial charge on any atom is -0.345 e. The monoisotopic (exact) mass is 364 g/mol. The van der Waals surface area contributed by atoms with E-state index >= 15 is 0 Å². The van der Waals surface area contributed by atoms with E-state index in [-0.39, 0.29) is 0 Å². The Morgan fingerprint density at radius 3 is 2.52 bits per heavy atom. The maximum atomic E-state index is 11.8. The Labute approximate surface area is 161 Å². The number of nitrogens with zero attached hydrogens (tertiary/aromatic N) is 4. The minimum atomic E-state index is 0.296. The van der Waals surface area contributed by atoms with Gasteiger partial charge < -0.3 is 4.90 Å². The Hall–Kier alpha value is -2.27. The van der Waals surface area contributed by atoms with E-state index in [2.05, 4.69) is 28.1 Å². The molecular weight excluding hydrogens is 336 g/mol. The lowest BCUT2D eigenvalue weighted by Crippen LogP contribution is -2.50. The molecule has 1 amide bonds. The number of rotatable bonds is 3. The van der Waals surface area contributed by atoms with Gasteiger partial charge in [-0.25, -0.2) is 9.97 Å². The van der Waals surface area contributed by atoms with E-state index in [1.54, 1.807) is 0 Å². The zero-order valence-electron chi connectivity index (χ0n) is 16.3. The predicted molar refractivity (Wildman–Crippen MR) is 106 cm³/mol. The van der Waals surface area contributed by atoms with Crippen LogP contribution in [0.2, 0.25) is 0 Å². The van der Waals surface area contributed by atoms with Gasteiger partial charge in [-0.2, -0.15) is 0 Å². The smallest absolute Gasteiger partial charge is 0.222 e. The summed E-state index contributed by atoms with van der Waals surface area (Å²) in [4.78, 5) is 25.7. The van der Waals surface area contributed by atoms with E-state index in [4.69, 9.17) is 4.98 Å². The molecule has 142 valence electrons. The molecule has 0 radical (unpaired) electrons. The van der Waals surface area contributed by atoms with Crippen LogP contribution < -0.4 is 0 Å². The van der Waals surface area contributed by atoms with Gasteiger partial charge >= 0.3 is 0 Å². The summed E-state index contributed by atoms with van der Waals surface area (Å²) < 4.78 is 0. The fraction of sp³-hybridized carbons (Fsp3) is 0.500. The molecule has 4 rings (SSSR count). The van der Waals surface area contributed by atoms with Crippen molar-refractivity contribution in [3.8, 4) is 11.3 Å². The van der Waals surface area contributed by atoms with E-state index in [1.807, 2.05) is 37.1 Å². The lowest BCUT2D eigenvalue weighted by molar-refractivity contribution is -0.137. The average Bonchev–Trinajstić information content (AvgIpc) is 2.67. The Balaban J connectivity index is 1.42. The van der Waals surface area contributed by atoms with Crippen LogP contribution in [0.3, 0.4) is 0 Å². The Morgan fingerprint density at radius 1 is 1.07 bits per heavy atom. The van der Waals surface area contributed by atoms with Gasteiger partial charge in [-0.15, -0.1) is 0 Å². The quantitative estimate of drug-likeness (QED) is 0.839. The van der Waals surface area contributed by atoms with E-state index in [9.17, 15) is 4.79 Å². The number of benzene rings is 1. The molecule has 2 aliphatic rings. The lowest BCUT2D eigenvalue weighted by atomic mass is 9.72. The van der Waals surface area contributed by atoms with Crippen molar-refractivity contribution in [2.75, 3.05) is 26.7 Å². The fourth-order valence-electron chi connectivity index (χ4n) is 4.48. The Morgan fingerprint density at radius 2 is 1.81 bits per heavy atom. The van der Waals surface area contributed by atoms with Crippen LogP contribution in [0.25, 0.3) is 11.3 Å². The zero-order valence-corrected chi connectivity index (χ0v) is 16.3. The number of hydrogen-bond donors (Lipinski definition) is 0. The molecule has 0 unspecified atom stereocenters. The van der Waals surface area contributed by atoms with Crippen molar-refractivity contribution in [1.29, 1.82) is 0 Å². The number of likely N-dealkylation sites (tertiary alicyclic amines) is 2. The Bertz CT molecular complexity index is 812. The number of hydrogen-bond acceptors (Lipinski definition) is 4. The van der Waals surface area contributed by atoms with Crippen molar-refractivity contribution in [2.24, 2.45) is 5.41 Å². The summed E-state index contributed by atoms with van der Waals surface area (Å²) in [5, 5.41) is 0. The molecule has 1 aromatic carbocycles. The van der Waals surface area contributed by atoms with Crippen LogP contribution in [0.4, 0.5) is 0 Å². The van der Waals surface area contributed by atoms with Crippen LogP contribution in [0, 0.1) is 12.3 Å². The zero-order chi connectivity index (χ0) is 18.9. The highest BCUT2D eigenvalue weighted by Gasteiger charge is 2.39. The normalized spacial score (nSPS) is 20.2. The molecule has 3 heterocycles. The molecule has 5 nitrogen and oxygen atoms in total. The highest BCUT2D eigenvalue weighted by Crippen LogP contribution is 2.40. The van der Waals surface area contributed by atoms with Crippen molar-refractivity contribution in [3.05, 3.63) is 47.9 Å². The number of aromatic nitrogens is 2. The highest BCUT2D eigenvalue weighted by molar-refractivity contribution is 5.76. The topological polar surface area (TPSA) is 49.3 Å². The Kier molecular flexibility index (Phi) is 4.96. The second-order valence-electron chi connectivity index (χ2n) is 8.20. The minimum absolute atomic E-state index is 0.296. The molecule has 0 aliphatic carbocycles. The molecule has 0 bridgehead atoms. The lowest BCUT2D eigenvalue weighted by Gasteiger charge is -2.46. The molecule has 5 heteroatoms. The first-order chi connectivity index (χ1) is 13.0. The molecule has 1 spiro atoms. The van der Waals surface area contributed by atoms with Gasteiger partial charge in [-0.05, 0) is 50.8 Å². The maximum absolute atomic E-state index is 11.8. The van der Waals surface area contributed by atoms with Crippen LogP contribution in [0.15, 0.2) is 36.4 Å². The third-order valence-corrected chi connectivity index (χ3v) is 6.12. The molecule has 0 N–H and O–H groups in total. The molecule has 0 saturated carbocycles. The molecule has 2 aliphatic heterocycles. The highest BCUT2D eigenvalue weighted by atomic mass is 16.2. The van der Waals surface area contributed by atoms with Gasteiger partial charge in [0.2, 0.25) is 5.91 Å². The molecule has 2 saturated heterocycles. The van der Waals surface area contributed by atoms with Crippen molar-refractivity contribution in [2.45, 2.75) is 39.2 Å².